The molecule has 0 saturated heterocycles. The molecular formula is C16H23N3O4. The summed E-state index contributed by atoms with van der Waals surface area (Å²) in [5.74, 6) is -1.51. The minimum Gasteiger partial charge on any atom is -0.508 e. The average Bonchev–Trinajstić information content (AvgIpc) is 2.44. The van der Waals surface area contributed by atoms with Crippen molar-refractivity contribution in [3.8, 4) is 5.75 Å². The number of primary amides is 1. The molecule has 0 spiro atoms. The molecule has 7 heteroatoms. The summed E-state index contributed by atoms with van der Waals surface area (Å²) in [4.78, 5) is 35.1. The second-order valence-corrected chi connectivity index (χ2v) is 5.76. The molecule has 2 atom stereocenters. The second kappa shape index (κ2) is 8.17. The van der Waals surface area contributed by atoms with Crippen molar-refractivity contribution in [2.75, 3.05) is 0 Å². The molecule has 126 valence electrons. The maximum atomic E-state index is 12.4. The number of phenols is 1. The van der Waals surface area contributed by atoms with E-state index in [1.54, 1.807) is 26.0 Å². The van der Waals surface area contributed by atoms with Crippen molar-refractivity contribution in [1.82, 2.24) is 10.6 Å². The van der Waals surface area contributed by atoms with Crippen LogP contribution in [0.2, 0.25) is 0 Å². The maximum absolute atomic E-state index is 12.4. The zero-order valence-electron chi connectivity index (χ0n) is 13.5. The van der Waals surface area contributed by atoms with Crippen LogP contribution in [-0.2, 0) is 20.8 Å². The van der Waals surface area contributed by atoms with Crippen molar-refractivity contribution in [2.45, 2.75) is 39.3 Å². The number of nitrogens with two attached hydrogens (primary N) is 1. The molecule has 0 radical (unpaired) electrons. The van der Waals surface area contributed by atoms with Crippen molar-refractivity contribution < 1.29 is 19.5 Å². The molecular weight excluding hydrogens is 298 g/mol. The van der Waals surface area contributed by atoms with Crippen LogP contribution in [0.25, 0.3) is 0 Å². The van der Waals surface area contributed by atoms with Gasteiger partial charge >= 0.3 is 0 Å². The molecule has 0 aromatic heterocycles. The molecule has 3 amide bonds. The normalized spacial score (nSPS) is 13.2. The lowest BCUT2D eigenvalue weighted by atomic mass is 10.0. The fraction of sp³-hybridized carbons (Fsp3) is 0.438. The quantitative estimate of drug-likeness (QED) is 0.567. The van der Waals surface area contributed by atoms with Gasteiger partial charge in [-0.3, -0.25) is 14.4 Å². The number of phenolic OH excluding ortho intramolecular Hbond substituents is 1. The Kier molecular flexibility index (Phi) is 6.56. The van der Waals surface area contributed by atoms with Crippen LogP contribution in [-0.4, -0.2) is 34.9 Å². The van der Waals surface area contributed by atoms with Crippen molar-refractivity contribution >= 4 is 17.7 Å². The summed E-state index contributed by atoms with van der Waals surface area (Å²) >= 11 is 0. The highest BCUT2D eigenvalue weighted by atomic mass is 16.3. The van der Waals surface area contributed by atoms with Crippen LogP contribution in [0.4, 0.5) is 0 Å². The third-order valence-electron chi connectivity index (χ3n) is 3.34. The van der Waals surface area contributed by atoms with Crippen molar-refractivity contribution in [2.24, 2.45) is 11.7 Å². The third-order valence-corrected chi connectivity index (χ3v) is 3.34. The van der Waals surface area contributed by atoms with E-state index in [4.69, 9.17) is 5.73 Å². The predicted octanol–water partition coefficient (Wildman–Crippen LogP) is 0.0655. The Morgan fingerprint density at radius 1 is 1.13 bits per heavy atom. The zero-order valence-corrected chi connectivity index (χ0v) is 13.5. The molecule has 1 aromatic rings. The number of carbonyl (C=O) groups is 3. The van der Waals surface area contributed by atoms with Crippen LogP contribution < -0.4 is 16.4 Å². The van der Waals surface area contributed by atoms with Gasteiger partial charge in [-0.05, 0) is 23.6 Å². The standard InChI is InChI=1S/C16H23N3O4/c1-9(2)14(15(17)22)19-16(23)13(18-10(3)20)8-11-4-6-12(21)7-5-11/h4-7,9,13-14,21H,8H2,1-3H3,(H2,17,22)(H,18,20)(H,19,23)/t13-,14-/m0/s1. The summed E-state index contributed by atoms with van der Waals surface area (Å²) in [6.07, 6.45) is 0.231. The highest BCUT2D eigenvalue weighted by molar-refractivity contribution is 5.91. The predicted molar refractivity (Wildman–Crippen MR) is 85.4 cm³/mol. The minimum absolute atomic E-state index is 0.114. The van der Waals surface area contributed by atoms with Crippen molar-refractivity contribution in [1.29, 1.82) is 0 Å². The van der Waals surface area contributed by atoms with Crippen LogP contribution in [0.1, 0.15) is 26.3 Å². The maximum Gasteiger partial charge on any atom is 0.243 e. The Balaban J connectivity index is 2.87. The average molecular weight is 321 g/mol. The summed E-state index contributed by atoms with van der Waals surface area (Å²) < 4.78 is 0. The number of nitrogens with one attached hydrogen (secondary N) is 2. The summed E-state index contributed by atoms with van der Waals surface area (Å²) in [5, 5.41) is 14.4. The van der Waals surface area contributed by atoms with Crippen molar-refractivity contribution in [3.63, 3.8) is 0 Å². The van der Waals surface area contributed by atoms with E-state index in [0.29, 0.717) is 0 Å². The topological polar surface area (TPSA) is 122 Å². The lowest BCUT2D eigenvalue weighted by Gasteiger charge is -2.23. The van der Waals surface area contributed by atoms with E-state index in [2.05, 4.69) is 10.6 Å². The Bertz CT molecular complexity index is 569. The first kappa shape index (κ1) is 18.5. The zero-order chi connectivity index (χ0) is 17.6. The van der Waals surface area contributed by atoms with Crippen LogP contribution in [0.3, 0.4) is 0 Å². The number of carbonyl (C=O) groups excluding carboxylic acids is 3. The van der Waals surface area contributed by atoms with E-state index in [0.717, 1.165) is 5.56 Å². The minimum atomic E-state index is -0.836. The Morgan fingerprint density at radius 2 is 1.70 bits per heavy atom. The molecule has 0 aliphatic carbocycles. The van der Waals surface area contributed by atoms with Crippen LogP contribution in [0.15, 0.2) is 24.3 Å². The van der Waals surface area contributed by atoms with Gasteiger partial charge in [-0.1, -0.05) is 26.0 Å². The van der Waals surface area contributed by atoms with Gasteiger partial charge in [-0.2, -0.15) is 0 Å². The molecule has 0 bridgehead atoms. The van der Waals surface area contributed by atoms with E-state index >= 15 is 0 Å². The summed E-state index contributed by atoms with van der Waals surface area (Å²) in [5.41, 5.74) is 6.05. The third kappa shape index (κ3) is 5.98. The van der Waals surface area contributed by atoms with E-state index in [9.17, 15) is 19.5 Å². The monoisotopic (exact) mass is 321 g/mol. The number of hydrogen-bond acceptors (Lipinski definition) is 4. The lowest BCUT2D eigenvalue weighted by Crippen LogP contribution is -2.55. The molecule has 0 fully saturated rings. The second-order valence-electron chi connectivity index (χ2n) is 5.76. The molecule has 0 unspecified atom stereocenters. The first-order valence-electron chi connectivity index (χ1n) is 7.35. The highest BCUT2D eigenvalue weighted by Gasteiger charge is 2.27. The SMILES string of the molecule is CC(=O)N[C@@H](Cc1ccc(O)cc1)C(=O)N[C@H](C(N)=O)C(C)C. The number of aromatic hydroxyl groups is 1. The van der Waals surface area contributed by atoms with Gasteiger partial charge in [-0.25, -0.2) is 0 Å². The van der Waals surface area contributed by atoms with Crippen LogP contribution in [0.5, 0.6) is 5.75 Å². The molecule has 7 nitrogen and oxygen atoms in total. The van der Waals surface area contributed by atoms with Gasteiger partial charge in [0.15, 0.2) is 0 Å². The largest absolute Gasteiger partial charge is 0.508 e. The molecule has 0 aliphatic heterocycles. The van der Waals surface area contributed by atoms with Gasteiger partial charge in [0.2, 0.25) is 17.7 Å². The molecule has 5 N–H and O–H groups in total. The summed E-state index contributed by atoms with van der Waals surface area (Å²) in [7, 11) is 0. The molecule has 1 rings (SSSR count). The number of rotatable bonds is 7. The first-order valence-corrected chi connectivity index (χ1v) is 7.35. The molecule has 23 heavy (non-hydrogen) atoms. The Hall–Kier alpha value is -2.57. The van der Waals surface area contributed by atoms with E-state index in [-0.39, 0.29) is 24.0 Å². The van der Waals surface area contributed by atoms with Gasteiger partial charge in [0.25, 0.3) is 0 Å². The van der Waals surface area contributed by atoms with Gasteiger partial charge < -0.3 is 21.5 Å². The Labute approximate surface area is 135 Å². The highest BCUT2D eigenvalue weighted by Crippen LogP contribution is 2.12. The van der Waals surface area contributed by atoms with Crippen LogP contribution >= 0.6 is 0 Å². The van der Waals surface area contributed by atoms with Gasteiger partial charge in [0, 0.05) is 13.3 Å². The number of benzene rings is 1. The molecule has 0 saturated carbocycles. The Morgan fingerprint density at radius 3 is 2.13 bits per heavy atom. The van der Waals surface area contributed by atoms with Gasteiger partial charge in [0.1, 0.15) is 17.8 Å². The summed E-state index contributed by atoms with van der Waals surface area (Å²) in [6, 6.07) is 4.67. The lowest BCUT2D eigenvalue weighted by molar-refractivity contribution is -0.131. The summed E-state index contributed by atoms with van der Waals surface area (Å²) in [6.45, 7) is 4.84. The van der Waals surface area contributed by atoms with E-state index in [1.165, 1.54) is 19.1 Å². The van der Waals surface area contributed by atoms with Crippen LogP contribution in [0, 0.1) is 5.92 Å². The van der Waals surface area contributed by atoms with Gasteiger partial charge in [-0.15, -0.1) is 0 Å². The first-order chi connectivity index (χ1) is 10.7. The fourth-order valence-corrected chi connectivity index (χ4v) is 2.14. The van der Waals surface area contributed by atoms with Gasteiger partial charge in [0.05, 0.1) is 0 Å². The van der Waals surface area contributed by atoms with E-state index in [1.807, 2.05) is 0 Å². The molecule has 0 aliphatic rings. The molecule has 0 heterocycles. The molecule has 1 aromatic carbocycles. The number of hydrogen-bond donors (Lipinski definition) is 4. The van der Waals surface area contributed by atoms with E-state index < -0.39 is 23.9 Å². The fourth-order valence-electron chi connectivity index (χ4n) is 2.14. The number of amides is 3. The van der Waals surface area contributed by atoms with Crippen molar-refractivity contribution in [3.05, 3.63) is 29.8 Å². The smallest absolute Gasteiger partial charge is 0.243 e.